The molecule has 1 unspecified atom stereocenters. The second-order valence-electron chi connectivity index (χ2n) is 5.46. The molecule has 6 nitrogen and oxygen atoms in total. The molecule has 0 aliphatic rings. The maximum atomic E-state index is 12.6. The fourth-order valence-electron chi connectivity index (χ4n) is 2.36. The van der Waals surface area contributed by atoms with Gasteiger partial charge in [-0.2, -0.15) is 0 Å². The van der Waals surface area contributed by atoms with E-state index in [1.54, 1.807) is 11.0 Å². The van der Waals surface area contributed by atoms with E-state index in [4.69, 9.17) is 5.11 Å². The summed E-state index contributed by atoms with van der Waals surface area (Å²) >= 11 is 0. The van der Waals surface area contributed by atoms with Crippen molar-refractivity contribution in [1.29, 1.82) is 0 Å². The largest absolute Gasteiger partial charge is 0.395 e. The Bertz CT molecular complexity index is 519. The van der Waals surface area contributed by atoms with Crippen molar-refractivity contribution in [3.63, 3.8) is 0 Å². The van der Waals surface area contributed by atoms with Crippen LogP contribution in [-0.2, 0) is 16.1 Å². The van der Waals surface area contributed by atoms with Gasteiger partial charge in [-0.3, -0.25) is 9.59 Å². The summed E-state index contributed by atoms with van der Waals surface area (Å²) in [6.45, 7) is 4.10. The van der Waals surface area contributed by atoms with Crippen molar-refractivity contribution in [2.75, 3.05) is 26.3 Å². The zero-order valence-electron chi connectivity index (χ0n) is 13.9. The molecule has 0 aromatic heterocycles. The molecule has 0 saturated heterocycles. The highest BCUT2D eigenvalue weighted by molar-refractivity contribution is 5.86. The van der Waals surface area contributed by atoms with Crippen molar-refractivity contribution in [1.82, 2.24) is 10.2 Å². The third-order valence-electron chi connectivity index (χ3n) is 3.59. The van der Waals surface area contributed by atoms with E-state index < -0.39 is 5.92 Å². The zero-order chi connectivity index (χ0) is 17.8. The van der Waals surface area contributed by atoms with Crippen molar-refractivity contribution < 1.29 is 19.8 Å². The average molecular weight is 334 g/mol. The van der Waals surface area contributed by atoms with E-state index >= 15 is 0 Å². The van der Waals surface area contributed by atoms with Crippen LogP contribution < -0.4 is 5.32 Å². The van der Waals surface area contributed by atoms with Gasteiger partial charge in [0.2, 0.25) is 11.8 Å². The number of rotatable bonds is 11. The van der Waals surface area contributed by atoms with Crippen molar-refractivity contribution in [2.24, 2.45) is 5.92 Å². The molecule has 1 aromatic rings. The minimum absolute atomic E-state index is 0.0378. The van der Waals surface area contributed by atoms with Crippen LogP contribution in [0.5, 0.6) is 0 Å². The maximum absolute atomic E-state index is 12.6. The molecule has 6 heteroatoms. The van der Waals surface area contributed by atoms with Crippen molar-refractivity contribution in [3.05, 3.63) is 48.6 Å². The van der Waals surface area contributed by atoms with E-state index in [9.17, 15) is 14.7 Å². The Morgan fingerprint density at radius 3 is 2.50 bits per heavy atom. The zero-order valence-corrected chi connectivity index (χ0v) is 13.9. The molecule has 0 saturated carbocycles. The number of nitrogens with zero attached hydrogens (tertiary/aromatic N) is 1. The summed E-state index contributed by atoms with van der Waals surface area (Å²) in [5, 5.41) is 20.6. The van der Waals surface area contributed by atoms with Gasteiger partial charge in [0.1, 0.15) is 0 Å². The fourth-order valence-corrected chi connectivity index (χ4v) is 2.36. The number of aliphatic hydroxyl groups is 2. The van der Waals surface area contributed by atoms with Gasteiger partial charge in [-0.05, 0) is 12.0 Å². The molecule has 2 amide bonds. The molecule has 24 heavy (non-hydrogen) atoms. The predicted octanol–water partition coefficient (Wildman–Crippen LogP) is 0.698. The van der Waals surface area contributed by atoms with Crippen LogP contribution in [-0.4, -0.2) is 53.2 Å². The lowest BCUT2D eigenvalue weighted by atomic mass is 9.99. The molecule has 0 fully saturated rings. The van der Waals surface area contributed by atoms with Gasteiger partial charge < -0.3 is 20.4 Å². The van der Waals surface area contributed by atoms with Crippen LogP contribution in [0.25, 0.3) is 0 Å². The lowest BCUT2D eigenvalue weighted by Gasteiger charge is -2.24. The molecule has 1 atom stereocenters. The summed E-state index contributed by atoms with van der Waals surface area (Å²) in [5.74, 6) is -1.00. The van der Waals surface area contributed by atoms with Gasteiger partial charge in [0.25, 0.3) is 0 Å². The quantitative estimate of drug-likeness (QED) is 0.520. The molecular formula is C18H26N2O4. The van der Waals surface area contributed by atoms with Gasteiger partial charge >= 0.3 is 0 Å². The van der Waals surface area contributed by atoms with Gasteiger partial charge in [-0.1, -0.05) is 36.4 Å². The van der Waals surface area contributed by atoms with Crippen molar-refractivity contribution >= 4 is 11.8 Å². The molecule has 0 heterocycles. The standard InChI is InChI=1S/C18H26N2O4/c1-2-6-16(18(24)19-9-11-21)13-17(23)20(10-12-22)14-15-7-4-3-5-8-15/h2-5,7-8,16,21-22H,1,6,9-14H2,(H,19,24). The monoisotopic (exact) mass is 334 g/mol. The number of carbonyl (C=O) groups is 2. The third kappa shape index (κ3) is 6.93. The maximum Gasteiger partial charge on any atom is 0.224 e. The smallest absolute Gasteiger partial charge is 0.224 e. The lowest BCUT2D eigenvalue weighted by molar-refractivity contribution is -0.137. The first-order valence-electron chi connectivity index (χ1n) is 8.04. The molecular weight excluding hydrogens is 308 g/mol. The second-order valence-corrected chi connectivity index (χ2v) is 5.46. The lowest BCUT2D eigenvalue weighted by Crippen LogP contribution is -2.38. The molecule has 0 radical (unpaired) electrons. The van der Waals surface area contributed by atoms with E-state index in [1.165, 1.54) is 0 Å². The Morgan fingerprint density at radius 2 is 1.92 bits per heavy atom. The first-order chi connectivity index (χ1) is 11.6. The summed E-state index contributed by atoms with van der Waals surface area (Å²) in [6.07, 6.45) is 2.02. The van der Waals surface area contributed by atoms with Crippen LogP contribution in [0.4, 0.5) is 0 Å². The van der Waals surface area contributed by atoms with Gasteiger partial charge in [0.15, 0.2) is 0 Å². The Morgan fingerprint density at radius 1 is 1.21 bits per heavy atom. The summed E-state index contributed by atoms with van der Waals surface area (Å²) in [7, 11) is 0. The molecule has 0 aliphatic carbocycles. The summed E-state index contributed by atoms with van der Waals surface area (Å²) in [6, 6.07) is 9.49. The normalized spacial score (nSPS) is 11.6. The van der Waals surface area contributed by atoms with Crippen molar-refractivity contribution in [2.45, 2.75) is 19.4 Å². The Labute approximate surface area is 142 Å². The SMILES string of the molecule is C=CCC(CC(=O)N(CCO)Cc1ccccc1)C(=O)NCCO. The van der Waals surface area contributed by atoms with E-state index in [0.29, 0.717) is 13.0 Å². The first kappa shape index (κ1) is 19.9. The summed E-state index contributed by atoms with van der Waals surface area (Å²) in [4.78, 5) is 26.2. The Hall–Kier alpha value is -2.18. The molecule has 132 valence electrons. The number of allylic oxidation sites excluding steroid dienone is 1. The highest BCUT2D eigenvalue weighted by atomic mass is 16.3. The van der Waals surface area contributed by atoms with Gasteiger partial charge in [-0.25, -0.2) is 0 Å². The average Bonchev–Trinajstić information content (AvgIpc) is 2.59. The number of hydrogen-bond donors (Lipinski definition) is 3. The minimum atomic E-state index is -0.529. The summed E-state index contributed by atoms with van der Waals surface area (Å²) in [5.41, 5.74) is 0.962. The Balaban J connectivity index is 2.72. The highest BCUT2D eigenvalue weighted by Gasteiger charge is 2.23. The van der Waals surface area contributed by atoms with Gasteiger partial charge in [-0.15, -0.1) is 6.58 Å². The van der Waals surface area contributed by atoms with Crippen LogP contribution in [0.1, 0.15) is 18.4 Å². The van der Waals surface area contributed by atoms with Crippen molar-refractivity contribution in [3.8, 4) is 0 Å². The molecule has 1 aromatic carbocycles. The molecule has 0 spiro atoms. The van der Waals surface area contributed by atoms with Crippen LogP contribution in [0.2, 0.25) is 0 Å². The predicted molar refractivity (Wildman–Crippen MR) is 92.0 cm³/mol. The van der Waals surface area contributed by atoms with E-state index in [2.05, 4.69) is 11.9 Å². The minimum Gasteiger partial charge on any atom is -0.395 e. The van der Waals surface area contributed by atoms with Crippen LogP contribution in [0, 0.1) is 5.92 Å². The van der Waals surface area contributed by atoms with Crippen LogP contribution in [0.3, 0.4) is 0 Å². The molecule has 3 N–H and O–H groups in total. The number of benzene rings is 1. The Kier molecular flexibility index (Phi) is 9.41. The molecule has 0 bridgehead atoms. The van der Waals surface area contributed by atoms with E-state index in [-0.39, 0.29) is 44.5 Å². The van der Waals surface area contributed by atoms with Gasteiger partial charge in [0, 0.05) is 26.1 Å². The molecule has 0 aliphatic heterocycles. The van der Waals surface area contributed by atoms with Gasteiger partial charge in [0.05, 0.1) is 19.1 Å². The van der Waals surface area contributed by atoms with E-state index in [0.717, 1.165) is 5.56 Å². The number of nitrogens with one attached hydrogen (secondary N) is 1. The van der Waals surface area contributed by atoms with Crippen LogP contribution >= 0.6 is 0 Å². The third-order valence-corrected chi connectivity index (χ3v) is 3.59. The second kappa shape index (κ2) is 11.4. The number of aliphatic hydroxyl groups excluding tert-OH is 2. The first-order valence-corrected chi connectivity index (χ1v) is 8.04. The topological polar surface area (TPSA) is 89.9 Å². The highest BCUT2D eigenvalue weighted by Crippen LogP contribution is 2.14. The van der Waals surface area contributed by atoms with E-state index in [1.807, 2.05) is 30.3 Å². The fraction of sp³-hybridized carbons (Fsp3) is 0.444. The number of carbonyl (C=O) groups excluding carboxylic acids is 2. The van der Waals surface area contributed by atoms with Crippen LogP contribution in [0.15, 0.2) is 43.0 Å². The number of hydrogen-bond acceptors (Lipinski definition) is 4. The summed E-state index contributed by atoms with van der Waals surface area (Å²) < 4.78 is 0. The molecule has 1 rings (SSSR count). The number of amides is 2.